The highest BCUT2D eigenvalue weighted by molar-refractivity contribution is 7.15. The summed E-state index contributed by atoms with van der Waals surface area (Å²) in [6.45, 7) is 6.84. The summed E-state index contributed by atoms with van der Waals surface area (Å²) in [5, 5.41) is 4.80. The minimum atomic E-state index is 0.695. The normalized spacial score (nSPS) is 24.2. The van der Waals surface area contributed by atoms with Crippen molar-refractivity contribution < 1.29 is 0 Å². The van der Waals surface area contributed by atoms with Crippen molar-refractivity contribution in [1.82, 2.24) is 10.3 Å². The van der Waals surface area contributed by atoms with Gasteiger partial charge in [0.1, 0.15) is 0 Å². The molecule has 0 spiro atoms. The molecule has 1 aromatic heterocycles. The lowest BCUT2D eigenvalue weighted by Gasteiger charge is -2.27. The highest BCUT2D eigenvalue weighted by Gasteiger charge is 2.29. The van der Waals surface area contributed by atoms with Crippen LogP contribution in [-0.4, -0.2) is 23.6 Å². The molecule has 1 aromatic rings. The third-order valence-electron chi connectivity index (χ3n) is 4.00. The van der Waals surface area contributed by atoms with Crippen LogP contribution in [0.15, 0.2) is 6.20 Å². The van der Waals surface area contributed by atoms with Crippen molar-refractivity contribution in [2.75, 3.05) is 11.4 Å². The van der Waals surface area contributed by atoms with E-state index < -0.39 is 0 Å². The predicted octanol–water partition coefficient (Wildman–Crippen LogP) is 3.02. The van der Waals surface area contributed by atoms with E-state index >= 15 is 0 Å². The summed E-state index contributed by atoms with van der Waals surface area (Å²) in [5.74, 6) is 0.726. The Morgan fingerprint density at radius 1 is 1.44 bits per heavy atom. The molecule has 0 aromatic carbocycles. The fourth-order valence-corrected chi connectivity index (χ4v) is 3.71. The first-order valence-corrected chi connectivity index (χ1v) is 8.00. The van der Waals surface area contributed by atoms with Crippen LogP contribution in [0.4, 0.5) is 5.13 Å². The maximum absolute atomic E-state index is 4.63. The largest absolute Gasteiger partial charge is 0.345 e. The van der Waals surface area contributed by atoms with Gasteiger partial charge in [0, 0.05) is 36.2 Å². The Labute approximate surface area is 114 Å². The lowest BCUT2D eigenvalue weighted by atomic mass is 10.0. The third kappa shape index (κ3) is 2.69. The highest BCUT2D eigenvalue weighted by Crippen LogP contribution is 2.32. The Balaban J connectivity index is 1.63. The number of nitrogens with zero attached hydrogens (tertiary/aromatic N) is 2. The van der Waals surface area contributed by atoms with Gasteiger partial charge in [0.2, 0.25) is 0 Å². The summed E-state index contributed by atoms with van der Waals surface area (Å²) >= 11 is 1.87. The van der Waals surface area contributed by atoms with E-state index in [2.05, 4.69) is 35.2 Å². The first-order valence-electron chi connectivity index (χ1n) is 7.19. The monoisotopic (exact) mass is 265 g/mol. The molecule has 1 saturated heterocycles. The SMILES string of the molecule is CC(C)C1CCCN1c1ncc(CNC2CC2)s1. The van der Waals surface area contributed by atoms with Gasteiger partial charge in [-0.05, 0) is 31.6 Å². The van der Waals surface area contributed by atoms with Crippen LogP contribution in [0, 0.1) is 5.92 Å². The molecule has 1 N–H and O–H groups in total. The van der Waals surface area contributed by atoms with Gasteiger partial charge in [-0.3, -0.25) is 0 Å². The smallest absolute Gasteiger partial charge is 0.185 e. The fourth-order valence-electron chi connectivity index (χ4n) is 2.77. The number of aromatic nitrogens is 1. The van der Waals surface area contributed by atoms with Gasteiger partial charge >= 0.3 is 0 Å². The number of rotatable bonds is 5. The van der Waals surface area contributed by atoms with Crippen LogP contribution in [0.2, 0.25) is 0 Å². The molecule has 1 aliphatic carbocycles. The van der Waals surface area contributed by atoms with Gasteiger partial charge in [-0.1, -0.05) is 13.8 Å². The lowest BCUT2D eigenvalue weighted by molar-refractivity contribution is 0.491. The Morgan fingerprint density at radius 2 is 2.28 bits per heavy atom. The highest BCUT2D eigenvalue weighted by atomic mass is 32.1. The van der Waals surface area contributed by atoms with E-state index in [1.807, 2.05) is 11.3 Å². The maximum Gasteiger partial charge on any atom is 0.185 e. The molecule has 1 aliphatic heterocycles. The van der Waals surface area contributed by atoms with Crippen LogP contribution in [0.1, 0.15) is 44.4 Å². The van der Waals surface area contributed by atoms with Gasteiger partial charge in [-0.15, -0.1) is 11.3 Å². The first kappa shape index (κ1) is 12.4. The molecule has 1 unspecified atom stereocenters. The van der Waals surface area contributed by atoms with Crippen molar-refractivity contribution in [3.8, 4) is 0 Å². The van der Waals surface area contributed by atoms with Crippen LogP contribution < -0.4 is 10.2 Å². The number of nitrogens with one attached hydrogen (secondary N) is 1. The van der Waals surface area contributed by atoms with Crippen LogP contribution in [0.25, 0.3) is 0 Å². The molecule has 2 fully saturated rings. The molecule has 1 atom stereocenters. The zero-order valence-electron chi connectivity index (χ0n) is 11.4. The van der Waals surface area contributed by atoms with Gasteiger partial charge in [-0.25, -0.2) is 4.98 Å². The molecule has 3 nitrogen and oxygen atoms in total. The second-order valence-corrected chi connectivity index (χ2v) is 7.00. The maximum atomic E-state index is 4.63. The zero-order valence-corrected chi connectivity index (χ0v) is 12.2. The van der Waals surface area contributed by atoms with E-state index in [4.69, 9.17) is 0 Å². The van der Waals surface area contributed by atoms with E-state index in [-0.39, 0.29) is 0 Å². The van der Waals surface area contributed by atoms with Crippen molar-refractivity contribution in [3.63, 3.8) is 0 Å². The van der Waals surface area contributed by atoms with Gasteiger partial charge in [0.15, 0.2) is 5.13 Å². The third-order valence-corrected chi connectivity index (χ3v) is 5.03. The summed E-state index contributed by atoms with van der Waals surface area (Å²) in [6.07, 6.45) is 7.41. The molecule has 0 amide bonds. The summed E-state index contributed by atoms with van der Waals surface area (Å²) in [5.41, 5.74) is 0. The van der Waals surface area contributed by atoms with Gasteiger partial charge < -0.3 is 10.2 Å². The van der Waals surface area contributed by atoms with Gasteiger partial charge in [0.05, 0.1) is 0 Å². The molecular formula is C14H23N3S. The molecule has 1 saturated carbocycles. The minimum absolute atomic E-state index is 0.695. The second-order valence-electron chi connectivity index (χ2n) is 5.91. The predicted molar refractivity (Wildman–Crippen MR) is 77.2 cm³/mol. The Morgan fingerprint density at radius 3 is 3.00 bits per heavy atom. The number of hydrogen-bond acceptors (Lipinski definition) is 4. The lowest BCUT2D eigenvalue weighted by Crippen LogP contribution is -2.33. The molecule has 0 radical (unpaired) electrons. The molecule has 3 rings (SSSR count). The summed E-state index contributed by atoms with van der Waals surface area (Å²) in [4.78, 5) is 8.54. The quantitative estimate of drug-likeness (QED) is 0.887. The van der Waals surface area contributed by atoms with Crippen LogP contribution in [0.5, 0.6) is 0 Å². The van der Waals surface area contributed by atoms with Crippen molar-refractivity contribution in [1.29, 1.82) is 0 Å². The number of hydrogen-bond donors (Lipinski definition) is 1. The Kier molecular flexibility index (Phi) is 3.57. The van der Waals surface area contributed by atoms with E-state index in [0.717, 1.165) is 18.5 Å². The molecule has 2 aliphatic rings. The van der Waals surface area contributed by atoms with E-state index in [9.17, 15) is 0 Å². The van der Waals surface area contributed by atoms with E-state index in [1.54, 1.807) is 0 Å². The van der Waals surface area contributed by atoms with Gasteiger partial charge in [0.25, 0.3) is 0 Å². The van der Waals surface area contributed by atoms with Crippen molar-refractivity contribution >= 4 is 16.5 Å². The standard InChI is InChI=1S/C14H23N3S/c1-10(2)13-4-3-7-17(13)14-16-9-12(18-14)8-15-11-5-6-11/h9-11,13,15H,3-8H2,1-2H3. The Hall–Kier alpha value is -0.610. The molecular weight excluding hydrogens is 242 g/mol. The molecule has 2 heterocycles. The number of anilines is 1. The van der Waals surface area contributed by atoms with Crippen molar-refractivity contribution in [3.05, 3.63) is 11.1 Å². The van der Waals surface area contributed by atoms with Gasteiger partial charge in [-0.2, -0.15) is 0 Å². The van der Waals surface area contributed by atoms with Crippen molar-refractivity contribution in [2.24, 2.45) is 5.92 Å². The average Bonchev–Trinajstić information content (AvgIpc) is 2.88. The molecule has 4 heteroatoms. The first-order chi connectivity index (χ1) is 8.74. The second kappa shape index (κ2) is 5.17. The van der Waals surface area contributed by atoms with Crippen LogP contribution in [0.3, 0.4) is 0 Å². The van der Waals surface area contributed by atoms with Crippen molar-refractivity contribution in [2.45, 2.75) is 58.2 Å². The van der Waals surface area contributed by atoms with Crippen LogP contribution >= 0.6 is 11.3 Å². The molecule has 18 heavy (non-hydrogen) atoms. The zero-order chi connectivity index (χ0) is 12.5. The number of thiazole rings is 1. The summed E-state index contributed by atoms with van der Waals surface area (Å²) < 4.78 is 0. The molecule has 0 bridgehead atoms. The molecule has 100 valence electrons. The fraction of sp³-hybridized carbons (Fsp3) is 0.786. The summed E-state index contributed by atoms with van der Waals surface area (Å²) in [7, 11) is 0. The minimum Gasteiger partial charge on any atom is -0.345 e. The topological polar surface area (TPSA) is 28.2 Å². The summed E-state index contributed by atoms with van der Waals surface area (Å²) in [6, 6.07) is 1.48. The Bertz CT molecular complexity index is 397. The van der Waals surface area contributed by atoms with E-state index in [0.29, 0.717) is 6.04 Å². The average molecular weight is 265 g/mol. The van der Waals surface area contributed by atoms with Crippen LogP contribution in [-0.2, 0) is 6.54 Å². The van der Waals surface area contributed by atoms with E-state index in [1.165, 1.54) is 42.2 Å².